The average molecular weight is 172 g/mol. The van der Waals surface area contributed by atoms with E-state index >= 15 is 0 Å². The van der Waals surface area contributed by atoms with Crippen molar-refractivity contribution in [1.29, 1.82) is 0 Å². The minimum absolute atomic E-state index is 1.17. The van der Waals surface area contributed by atoms with Crippen molar-refractivity contribution in [2.45, 2.75) is 32.6 Å². The van der Waals surface area contributed by atoms with Crippen LogP contribution in [-0.2, 0) is 0 Å². The van der Waals surface area contributed by atoms with Gasteiger partial charge in [-0.25, -0.2) is 0 Å². The smallest absolute Gasteiger partial charge is 0.123 e. The Bertz CT molecular complexity index is 81.9. The van der Waals surface area contributed by atoms with Crippen LogP contribution in [0.1, 0.15) is 32.6 Å². The van der Waals surface area contributed by atoms with E-state index in [9.17, 15) is 0 Å². The van der Waals surface area contributed by atoms with Crippen LogP contribution in [0, 0.1) is 0 Å². The predicted molar refractivity (Wildman–Crippen MR) is 55.9 cm³/mol. The molecule has 0 unspecified atom stereocenters. The minimum Gasteiger partial charge on any atom is -0.317 e. The molecule has 0 saturated heterocycles. The van der Waals surface area contributed by atoms with Gasteiger partial charge in [0.15, 0.2) is 0 Å². The first-order chi connectivity index (χ1) is 5.77. The molecule has 2 heteroatoms. The fourth-order valence-electron chi connectivity index (χ4n) is 1.15. The first-order valence-corrected chi connectivity index (χ1v) is 5.12. The van der Waals surface area contributed by atoms with Crippen molar-refractivity contribution >= 4 is 0 Å². The van der Waals surface area contributed by atoms with Gasteiger partial charge in [-0.05, 0) is 13.0 Å². The van der Waals surface area contributed by atoms with Gasteiger partial charge in [-0.1, -0.05) is 19.8 Å². The standard InChI is InChI=1S/C10H24N2/c1-4-5-6-8-11-9-7-10-12(2)3/h11H,4-10H2,1-3H3/q+1. The largest absolute Gasteiger partial charge is 0.317 e. The van der Waals surface area contributed by atoms with Crippen LogP contribution < -0.4 is 10.2 Å². The quantitative estimate of drug-likeness (QED) is 0.434. The molecule has 0 fully saturated rings. The van der Waals surface area contributed by atoms with Crippen LogP contribution in [0.3, 0.4) is 0 Å². The molecule has 0 aromatic heterocycles. The fourth-order valence-corrected chi connectivity index (χ4v) is 1.15. The van der Waals surface area contributed by atoms with Crippen LogP contribution in [0.4, 0.5) is 0 Å². The summed E-state index contributed by atoms with van der Waals surface area (Å²) in [6.07, 6.45) is 5.28. The van der Waals surface area contributed by atoms with Gasteiger partial charge in [0.1, 0.15) is 20.6 Å². The minimum atomic E-state index is 1.17. The van der Waals surface area contributed by atoms with Crippen molar-refractivity contribution in [1.82, 2.24) is 10.2 Å². The lowest BCUT2D eigenvalue weighted by Gasteiger charge is -2.03. The van der Waals surface area contributed by atoms with Gasteiger partial charge in [-0.3, -0.25) is 0 Å². The highest BCUT2D eigenvalue weighted by molar-refractivity contribution is 4.53. The molecular weight excluding hydrogens is 148 g/mol. The van der Waals surface area contributed by atoms with E-state index in [1.165, 1.54) is 45.3 Å². The summed E-state index contributed by atoms with van der Waals surface area (Å²) in [5, 5.41) is 3.45. The van der Waals surface area contributed by atoms with Crippen molar-refractivity contribution < 1.29 is 0 Å². The van der Waals surface area contributed by atoms with E-state index in [2.05, 4.69) is 31.2 Å². The zero-order valence-corrected chi connectivity index (χ0v) is 8.90. The monoisotopic (exact) mass is 172 g/mol. The maximum Gasteiger partial charge on any atom is 0.123 e. The molecule has 0 aliphatic carbocycles. The van der Waals surface area contributed by atoms with Crippen molar-refractivity contribution in [3.8, 4) is 0 Å². The Kier molecular flexibility index (Phi) is 8.95. The average Bonchev–Trinajstić information content (AvgIpc) is 2.02. The Labute approximate surface area is 77.3 Å². The van der Waals surface area contributed by atoms with Crippen LogP contribution in [0.25, 0.3) is 0 Å². The Morgan fingerprint density at radius 1 is 1.00 bits per heavy atom. The Morgan fingerprint density at radius 2 is 1.67 bits per heavy atom. The summed E-state index contributed by atoms with van der Waals surface area (Å²) >= 11 is 0. The molecule has 0 atom stereocenters. The van der Waals surface area contributed by atoms with E-state index in [-0.39, 0.29) is 0 Å². The second-order valence-corrected chi connectivity index (χ2v) is 3.61. The van der Waals surface area contributed by atoms with Crippen LogP contribution in [0.15, 0.2) is 0 Å². The second-order valence-electron chi connectivity index (χ2n) is 3.61. The molecule has 0 saturated carbocycles. The second kappa shape index (κ2) is 9.01. The van der Waals surface area contributed by atoms with Crippen molar-refractivity contribution in [3.63, 3.8) is 0 Å². The number of hydrogen-bond donors (Lipinski definition) is 1. The molecule has 0 amide bonds. The Morgan fingerprint density at radius 3 is 2.25 bits per heavy atom. The number of unbranched alkanes of at least 4 members (excludes halogenated alkanes) is 2. The summed E-state index contributed by atoms with van der Waals surface area (Å²) in [6, 6.07) is 0. The van der Waals surface area contributed by atoms with E-state index in [1.54, 1.807) is 0 Å². The number of hydrogen-bond acceptors (Lipinski definition) is 2. The molecule has 1 radical (unpaired) electrons. The molecule has 0 aromatic rings. The summed E-state index contributed by atoms with van der Waals surface area (Å²) in [5.74, 6) is 0. The van der Waals surface area contributed by atoms with Gasteiger partial charge in [0, 0.05) is 13.0 Å². The van der Waals surface area contributed by atoms with Crippen LogP contribution in [0.2, 0.25) is 0 Å². The number of nitrogens with one attached hydrogen (secondary N) is 1. The van der Waals surface area contributed by atoms with Crippen molar-refractivity contribution in [2.75, 3.05) is 33.7 Å². The summed E-state index contributed by atoms with van der Waals surface area (Å²) < 4.78 is 0. The summed E-state index contributed by atoms with van der Waals surface area (Å²) in [7, 11) is 4.24. The van der Waals surface area contributed by atoms with E-state index in [1.807, 2.05) is 0 Å². The van der Waals surface area contributed by atoms with Gasteiger partial charge in [0.25, 0.3) is 0 Å². The molecule has 12 heavy (non-hydrogen) atoms. The first-order valence-electron chi connectivity index (χ1n) is 5.12. The van der Waals surface area contributed by atoms with Crippen LogP contribution in [-0.4, -0.2) is 33.7 Å². The third-order valence-corrected chi connectivity index (χ3v) is 1.92. The van der Waals surface area contributed by atoms with Crippen molar-refractivity contribution in [3.05, 3.63) is 0 Å². The molecule has 0 bridgehead atoms. The van der Waals surface area contributed by atoms with Crippen LogP contribution in [0.5, 0.6) is 0 Å². The zero-order chi connectivity index (χ0) is 9.23. The lowest BCUT2D eigenvalue weighted by molar-refractivity contribution is 0.514. The molecule has 73 valence electrons. The topological polar surface area (TPSA) is 17.9 Å². The summed E-state index contributed by atoms with van der Waals surface area (Å²) in [5.41, 5.74) is 0. The molecule has 0 aromatic carbocycles. The number of rotatable bonds is 8. The van der Waals surface area contributed by atoms with Gasteiger partial charge in [0.2, 0.25) is 0 Å². The zero-order valence-electron chi connectivity index (χ0n) is 8.90. The molecule has 0 aliphatic heterocycles. The first kappa shape index (κ1) is 11.9. The maximum atomic E-state index is 3.45. The van der Waals surface area contributed by atoms with E-state index in [0.717, 1.165) is 0 Å². The molecule has 0 aliphatic rings. The molecular formula is C10H24N2+. The molecule has 1 N–H and O–H groups in total. The highest BCUT2D eigenvalue weighted by Gasteiger charge is 1.96. The third-order valence-electron chi connectivity index (χ3n) is 1.92. The Balaban J connectivity index is 2.82. The Hall–Kier alpha value is -0.0800. The third kappa shape index (κ3) is 9.92. The predicted octanol–water partition coefficient (Wildman–Crippen LogP) is 1.56. The summed E-state index contributed by atoms with van der Waals surface area (Å²) in [4.78, 5) is 2.23. The normalized spacial score (nSPS) is 11.0. The van der Waals surface area contributed by atoms with Gasteiger partial charge >= 0.3 is 0 Å². The molecule has 0 heterocycles. The molecule has 0 rings (SSSR count). The van der Waals surface area contributed by atoms with E-state index < -0.39 is 0 Å². The number of nitrogens with zero attached hydrogens (tertiary/aromatic N) is 1. The van der Waals surface area contributed by atoms with Gasteiger partial charge in [-0.2, -0.15) is 4.90 Å². The lowest BCUT2D eigenvalue weighted by atomic mass is 10.2. The van der Waals surface area contributed by atoms with Gasteiger partial charge in [0.05, 0.1) is 0 Å². The van der Waals surface area contributed by atoms with E-state index in [0.29, 0.717) is 0 Å². The lowest BCUT2D eigenvalue weighted by Crippen LogP contribution is -2.25. The van der Waals surface area contributed by atoms with E-state index in [4.69, 9.17) is 0 Å². The highest BCUT2D eigenvalue weighted by Crippen LogP contribution is 1.90. The van der Waals surface area contributed by atoms with Gasteiger partial charge in [-0.15, -0.1) is 0 Å². The highest BCUT2D eigenvalue weighted by atomic mass is 15.0. The summed E-state index contributed by atoms with van der Waals surface area (Å²) in [6.45, 7) is 5.80. The molecule has 2 nitrogen and oxygen atoms in total. The fraction of sp³-hybridized carbons (Fsp3) is 1.00. The SMILES string of the molecule is CCCCCNCCC[N+](C)C. The molecule has 0 spiro atoms. The van der Waals surface area contributed by atoms with Gasteiger partial charge < -0.3 is 5.32 Å². The van der Waals surface area contributed by atoms with Crippen molar-refractivity contribution in [2.24, 2.45) is 0 Å². The maximum absolute atomic E-state index is 3.45. The van der Waals surface area contributed by atoms with Crippen LogP contribution >= 0.6 is 0 Å².